The summed E-state index contributed by atoms with van der Waals surface area (Å²) in [7, 11) is 0. The Bertz CT molecular complexity index is 865. The van der Waals surface area contributed by atoms with Gasteiger partial charge in [0.25, 0.3) is 0 Å². The first-order valence-corrected chi connectivity index (χ1v) is 10.7. The topological polar surface area (TPSA) is 74.8 Å². The highest BCUT2D eigenvalue weighted by atomic mass is 32.1. The molecule has 0 saturated carbocycles. The van der Waals surface area contributed by atoms with E-state index in [4.69, 9.17) is 4.74 Å². The van der Waals surface area contributed by atoms with E-state index in [1.807, 2.05) is 0 Å². The van der Waals surface area contributed by atoms with Crippen molar-refractivity contribution < 1.29 is 14.3 Å². The lowest BCUT2D eigenvalue weighted by Gasteiger charge is -2.41. The minimum Gasteiger partial charge on any atom is -0.462 e. The molecule has 1 saturated heterocycles. The average Bonchev–Trinajstić information content (AvgIpc) is 3.03. The molecule has 29 heavy (non-hydrogen) atoms. The maximum atomic E-state index is 12.5. The molecule has 8 heteroatoms. The van der Waals surface area contributed by atoms with Crippen LogP contribution in [0.3, 0.4) is 0 Å². The maximum Gasteiger partial charge on any atom is 0.350 e. The number of rotatable bonds is 6. The smallest absolute Gasteiger partial charge is 0.350 e. The number of nitrogens with zero attached hydrogens (tertiary/aromatic N) is 3. The molecule has 2 aromatic rings. The summed E-state index contributed by atoms with van der Waals surface area (Å²) in [6.45, 7) is 10.9. The van der Waals surface area contributed by atoms with Gasteiger partial charge in [0.2, 0.25) is 5.91 Å². The number of aromatic nitrogens is 1. The predicted molar refractivity (Wildman–Crippen MR) is 116 cm³/mol. The molecule has 1 aliphatic rings. The summed E-state index contributed by atoms with van der Waals surface area (Å²) < 4.78 is 5.02. The van der Waals surface area contributed by atoms with Crippen molar-refractivity contribution in [2.75, 3.05) is 43.0 Å². The number of anilines is 2. The van der Waals surface area contributed by atoms with Crippen molar-refractivity contribution in [2.45, 2.75) is 33.7 Å². The molecule has 1 amide bonds. The van der Waals surface area contributed by atoms with Crippen molar-refractivity contribution in [3.8, 4) is 0 Å². The zero-order valence-electron chi connectivity index (χ0n) is 17.4. The first kappa shape index (κ1) is 21.3. The van der Waals surface area contributed by atoms with Gasteiger partial charge in [-0.15, -0.1) is 0 Å². The second-order valence-electron chi connectivity index (χ2n) is 7.32. The Morgan fingerprint density at radius 2 is 1.97 bits per heavy atom. The summed E-state index contributed by atoms with van der Waals surface area (Å²) in [5, 5.41) is 3.25. The number of carbonyl (C=O) groups is 2. The molecule has 0 bridgehead atoms. The van der Waals surface area contributed by atoms with Crippen LogP contribution in [-0.4, -0.2) is 60.6 Å². The van der Waals surface area contributed by atoms with Gasteiger partial charge in [-0.3, -0.25) is 9.69 Å². The van der Waals surface area contributed by atoms with Crippen LogP contribution in [0.15, 0.2) is 24.3 Å². The number of amides is 1. The van der Waals surface area contributed by atoms with E-state index in [1.54, 1.807) is 13.8 Å². The first-order chi connectivity index (χ1) is 13.9. The van der Waals surface area contributed by atoms with Gasteiger partial charge in [-0.2, -0.15) is 0 Å². The molecule has 0 radical (unpaired) electrons. The first-order valence-electron chi connectivity index (χ1n) is 9.87. The van der Waals surface area contributed by atoms with E-state index in [0.29, 0.717) is 34.9 Å². The Morgan fingerprint density at radius 3 is 2.62 bits per heavy atom. The van der Waals surface area contributed by atoms with Crippen LogP contribution in [0, 0.1) is 13.8 Å². The second-order valence-corrected chi connectivity index (χ2v) is 8.31. The van der Waals surface area contributed by atoms with Crippen LogP contribution in [-0.2, 0) is 9.53 Å². The van der Waals surface area contributed by atoms with Crippen molar-refractivity contribution in [2.24, 2.45) is 0 Å². The van der Waals surface area contributed by atoms with Gasteiger partial charge in [0, 0.05) is 31.4 Å². The number of thiazole rings is 1. The molecule has 1 unspecified atom stereocenters. The van der Waals surface area contributed by atoms with Crippen LogP contribution < -0.4 is 10.2 Å². The van der Waals surface area contributed by atoms with Crippen molar-refractivity contribution >= 4 is 34.0 Å². The Morgan fingerprint density at radius 1 is 1.24 bits per heavy atom. The van der Waals surface area contributed by atoms with Crippen molar-refractivity contribution in [1.82, 2.24) is 9.88 Å². The molecule has 1 aromatic heterocycles. The number of piperazine rings is 1. The molecular weight excluding hydrogens is 388 g/mol. The van der Waals surface area contributed by atoms with E-state index in [2.05, 4.69) is 58.2 Å². The van der Waals surface area contributed by atoms with Crippen LogP contribution in [0.5, 0.6) is 0 Å². The molecule has 1 atom stereocenters. The summed E-state index contributed by atoms with van der Waals surface area (Å²) in [4.78, 5) is 33.6. The molecule has 1 aliphatic heterocycles. The fourth-order valence-corrected chi connectivity index (χ4v) is 4.37. The largest absolute Gasteiger partial charge is 0.462 e. The highest BCUT2D eigenvalue weighted by Gasteiger charge is 2.25. The van der Waals surface area contributed by atoms with E-state index in [-0.39, 0.29) is 5.91 Å². The summed E-state index contributed by atoms with van der Waals surface area (Å²) >= 11 is 1.15. The van der Waals surface area contributed by atoms with E-state index >= 15 is 0 Å². The van der Waals surface area contributed by atoms with Gasteiger partial charge in [0.15, 0.2) is 5.13 Å². The van der Waals surface area contributed by atoms with E-state index in [0.717, 1.165) is 31.0 Å². The van der Waals surface area contributed by atoms with Gasteiger partial charge in [-0.25, -0.2) is 9.78 Å². The molecule has 156 valence electrons. The number of hydrogen-bond donors (Lipinski definition) is 1. The number of ether oxygens (including phenoxy) is 1. The third-order valence-corrected chi connectivity index (χ3v) is 6.00. The quantitative estimate of drug-likeness (QED) is 0.730. The Balaban J connectivity index is 1.54. The summed E-state index contributed by atoms with van der Waals surface area (Å²) in [6, 6.07) is 8.88. The second kappa shape index (κ2) is 9.37. The molecule has 2 heterocycles. The Hall–Kier alpha value is -2.45. The fraction of sp³-hybridized carbons (Fsp3) is 0.476. The van der Waals surface area contributed by atoms with Gasteiger partial charge in [-0.05, 0) is 39.8 Å². The van der Waals surface area contributed by atoms with Crippen LogP contribution >= 0.6 is 11.3 Å². The molecule has 7 nitrogen and oxygen atoms in total. The SMILES string of the molecule is CCOC(=O)c1sc(NC(=O)CN2CCN(c3ccc(C)cc3)C(C)C2)nc1C. The predicted octanol–water partition coefficient (Wildman–Crippen LogP) is 3.09. The van der Waals surface area contributed by atoms with Crippen molar-refractivity contribution in [1.29, 1.82) is 0 Å². The number of hydrogen-bond acceptors (Lipinski definition) is 7. The number of esters is 1. The molecule has 0 spiro atoms. The maximum absolute atomic E-state index is 12.5. The zero-order valence-corrected chi connectivity index (χ0v) is 18.2. The van der Waals surface area contributed by atoms with Gasteiger partial charge in [-0.1, -0.05) is 29.0 Å². The van der Waals surface area contributed by atoms with Crippen LogP contribution in [0.25, 0.3) is 0 Å². The minimum atomic E-state index is -0.399. The summed E-state index contributed by atoms with van der Waals surface area (Å²) in [5.74, 6) is -0.519. The zero-order chi connectivity index (χ0) is 21.0. The molecule has 1 N–H and O–H groups in total. The lowest BCUT2D eigenvalue weighted by atomic mass is 10.1. The van der Waals surface area contributed by atoms with Gasteiger partial charge in [0.05, 0.1) is 18.8 Å². The molecule has 1 aromatic carbocycles. The highest BCUT2D eigenvalue weighted by molar-refractivity contribution is 7.17. The van der Waals surface area contributed by atoms with E-state index in [9.17, 15) is 9.59 Å². The Kier molecular flexibility index (Phi) is 6.87. The van der Waals surface area contributed by atoms with Crippen LogP contribution in [0.4, 0.5) is 10.8 Å². The third kappa shape index (κ3) is 5.33. The van der Waals surface area contributed by atoms with E-state index in [1.165, 1.54) is 11.3 Å². The monoisotopic (exact) mass is 416 g/mol. The number of carbonyl (C=O) groups excluding carboxylic acids is 2. The van der Waals surface area contributed by atoms with Crippen LogP contribution in [0.1, 0.15) is 34.8 Å². The van der Waals surface area contributed by atoms with Gasteiger partial charge < -0.3 is 15.0 Å². The van der Waals surface area contributed by atoms with E-state index < -0.39 is 5.97 Å². The summed E-state index contributed by atoms with van der Waals surface area (Å²) in [6.07, 6.45) is 0. The lowest BCUT2D eigenvalue weighted by Crippen LogP contribution is -2.53. The lowest BCUT2D eigenvalue weighted by molar-refractivity contribution is -0.117. The fourth-order valence-electron chi connectivity index (χ4n) is 3.49. The third-order valence-electron chi connectivity index (χ3n) is 4.95. The number of nitrogens with one attached hydrogen (secondary N) is 1. The van der Waals surface area contributed by atoms with Crippen molar-refractivity contribution in [3.05, 3.63) is 40.4 Å². The van der Waals surface area contributed by atoms with Crippen molar-refractivity contribution in [3.63, 3.8) is 0 Å². The standard InChI is InChI=1S/C21H28N4O3S/c1-5-28-20(27)19-16(4)22-21(29-19)23-18(26)13-24-10-11-25(15(3)12-24)17-8-6-14(2)7-9-17/h6-9,15H,5,10-13H2,1-4H3,(H,22,23,26). The van der Waals surface area contributed by atoms with Crippen LogP contribution in [0.2, 0.25) is 0 Å². The number of benzene rings is 1. The van der Waals surface area contributed by atoms with Gasteiger partial charge >= 0.3 is 5.97 Å². The highest BCUT2D eigenvalue weighted by Crippen LogP contribution is 2.24. The normalized spacial score (nSPS) is 17.2. The molecule has 3 rings (SSSR count). The van der Waals surface area contributed by atoms with Gasteiger partial charge in [0.1, 0.15) is 4.88 Å². The summed E-state index contributed by atoms with van der Waals surface area (Å²) in [5.41, 5.74) is 3.04. The Labute approximate surface area is 175 Å². The molecular formula is C21H28N4O3S. The molecule has 0 aliphatic carbocycles. The average molecular weight is 417 g/mol. The molecule has 1 fully saturated rings. The minimum absolute atomic E-state index is 0.120. The number of aryl methyl sites for hydroxylation is 2.